The molecule has 3 aliphatic rings. The monoisotopic (exact) mass is 887 g/mol. The lowest BCUT2D eigenvalue weighted by molar-refractivity contribution is -0.402. The van der Waals surface area contributed by atoms with Crippen molar-refractivity contribution in [2.75, 3.05) is 0 Å². The minimum Gasteiger partial charge on any atom is -0.866 e. The normalized spacial score (nSPS) is 12.9. The summed E-state index contributed by atoms with van der Waals surface area (Å²) in [7, 11) is 0. The van der Waals surface area contributed by atoms with E-state index in [0.29, 0.717) is 41.5 Å². The van der Waals surface area contributed by atoms with Gasteiger partial charge in [-0.2, -0.15) is 0 Å². The van der Waals surface area contributed by atoms with E-state index in [1.165, 1.54) is 45.0 Å². The molecule has 0 radical (unpaired) electrons. The van der Waals surface area contributed by atoms with Gasteiger partial charge >= 0.3 is 0 Å². The summed E-state index contributed by atoms with van der Waals surface area (Å²) in [5, 5.41) is 37.3. The second kappa shape index (κ2) is 16.7. The molecule has 0 fully saturated rings. The molecule has 8 heterocycles. The van der Waals surface area contributed by atoms with Crippen LogP contribution in [0.25, 0.3) is 67.1 Å². The zero-order valence-corrected chi connectivity index (χ0v) is 37.8. The zero-order chi connectivity index (χ0) is 46.8. The summed E-state index contributed by atoms with van der Waals surface area (Å²) in [5.41, 5.74) is 18.7. The van der Waals surface area contributed by atoms with Gasteiger partial charge in [0.15, 0.2) is 11.3 Å². The molecule has 67 heavy (non-hydrogen) atoms. The van der Waals surface area contributed by atoms with Crippen LogP contribution in [-0.2, 0) is 38.5 Å². The number of hydrogen-bond acceptors (Lipinski definition) is 13. The molecule has 12 rings (SSSR count). The fraction of sp³-hybridized carbons (Fsp3) is 0.231. The van der Waals surface area contributed by atoms with Crippen LogP contribution in [0.4, 0.5) is 11.4 Å². The predicted octanol–water partition coefficient (Wildman–Crippen LogP) is 9.72. The summed E-state index contributed by atoms with van der Waals surface area (Å²) in [6, 6.07) is 19.1. The van der Waals surface area contributed by atoms with E-state index in [2.05, 4.69) is 92.1 Å². The Morgan fingerprint density at radius 2 is 0.955 bits per heavy atom. The number of aromatic nitrogens is 8. The molecule has 3 aliphatic carbocycles. The van der Waals surface area contributed by atoms with Crippen LogP contribution in [0.1, 0.15) is 67.0 Å². The third-order valence-corrected chi connectivity index (χ3v) is 12.9. The number of nitro groups is 2. The van der Waals surface area contributed by atoms with Gasteiger partial charge < -0.3 is 5.11 Å². The van der Waals surface area contributed by atoms with Crippen molar-refractivity contribution < 1.29 is 15.0 Å². The fourth-order valence-corrected chi connectivity index (χ4v) is 9.27. The first-order valence-corrected chi connectivity index (χ1v) is 22.1. The van der Waals surface area contributed by atoms with E-state index in [4.69, 9.17) is 4.98 Å². The summed E-state index contributed by atoms with van der Waals surface area (Å²) in [4.78, 5) is 57.5. The molecule has 1 aromatic carbocycles. The summed E-state index contributed by atoms with van der Waals surface area (Å²) in [5.74, 6) is -0.954. The lowest BCUT2D eigenvalue weighted by Crippen LogP contribution is -2.10. The predicted molar refractivity (Wildman–Crippen MR) is 254 cm³/mol. The molecular formula is C52H43N10O5-. The highest BCUT2D eigenvalue weighted by Gasteiger charge is 2.28. The maximum Gasteiger partial charge on any atom is 0.285 e. The number of fused-ring (bicyclic) bond motifs is 12. The molecule has 0 bridgehead atoms. The number of aryl methyl sites for hydroxylation is 10. The minimum absolute atomic E-state index is 0.00709. The molecule has 0 saturated carbocycles. The van der Waals surface area contributed by atoms with Crippen LogP contribution >= 0.6 is 0 Å². The van der Waals surface area contributed by atoms with Crippen LogP contribution in [0.5, 0.6) is 5.75 Å². The van der Waals surface area contributed by atoms with Crippen molar-refractivity contribution in [2.24, 2.45) is 0 Å². The Morgan fingerprint density at radius 3 is 1.51 bits per heavy atom. The van der Waals surface area contributed by atoms with E-state index in [1.807, 2.05) is 45.3 Å². The average molecular weight is 888 g/mol. The number of hydrogen-bond donors (Lipinski definition) is 0. The van der Waals surface area contributed by atoms with E-state index < -0.39 is 27.0 Å². The van der Waals surface area contributed by atoms with Crippen molar-refractivity contribution in [3.63, 3.8) is 0 Å². The quantitative estimate of drug-likeness (QED) is 0.117. The van der Waals surface area contributed by atoms with Crippen LogP contribution in [-0.4, -0.2) is 49.7 Å². The molecule has 332 valence electrons. The number of benzene rings is 1. The third-order valence-electron chi connectivity index (χ3n) is 12.9. The molecule has 8 aromatic heterocycles. The van der Waals surface area contributed by atoms with Crippen LogP contribution in [0.15, 0.2) is 79.3 Å². The fourth-order valence-electron chi connectivity index (χ4n) is 9.27. The van der Waals surface area contributed by atoms with Crippen LogP contribution in [0.3, 0.4) is 0 Å². The molecule has 15 nitrogen and oxygen atoms in total. The molecule has 0 amide bonds. The number of rotatable bonds is 2. The second-order valence-electron chi connectivity index (χ2n) is 17.6. The molecule has 0 unspecified atom stereocenters. The van der Waals surface area contributed by atoms with Gasteiger partial charge in [-0.1, -0.05) is 12.1 Å². The molecule has 0 spiro atoms. The largest absolute Gasteiger partial charge is 0.866 e. The van der Waals surface area contributed by atoms with Crippen molar-refractivity contribution >= 4 is 44.3 Å². The first-order chi connectivity index (χ1) is 32.2. The zero-order valence-electron chi connectivity index (χ0n) is 37.8. The maximum absolute atomic E-state index is 12.6. The van der Waals surface area contributed by atoms with Gasteiger partial charge in [-0.15, -0.1) is 0 Å². The maximum atomic E-state index is 12.6. The smallest absolute Gasteiger partial charge is 0.285 e. The second-order valence-corrected chi connectivity index (χ2v) is 17.6. The SMILES string of the molecule is Cc1ccc2c(n1)-c1ncc(C)c(C)c1CC2.Cc1cnc2nc3c(cc2c1)CCc1cc2c([N+](=O)[O-])cc([N+](=O)[O-])c([O-])c2nc1-3.Cc1cnc2nc3c(cc2c1)CCc1ccc(C)nc1-3. The van der Waals surface area contributed by atoms with Crippen molar-refractivity contribution in [3.8, 4) is 39.9 Å². The topological polar surface area (TPSA) is 212 Å². The van der Waals surface area contributed by atoms with Gasteiger partial charge in [0.25, 0.3) is 11.4 Å². The van der Waals surface area contributed by atoms with Gasteiger partial charge in [-0.05, 0) is 184 Å². The van der Waals surface area contributed by atoms with Gasteiger partial charge in [-0.3, -0.25) is 35.2 Å². The van der Waals surface area contributed by atoms with Crippen molar-refractivity contribution in [1.29, 1.82) is 0 Å². The van der Waals surface area contributed by atoms with Gasteiger partial charge in [0.1, 0.15) is 0 Å². The Labute approximate surface area is 384 Å². The molecular weight excluding hydrogens is 845 g/mol. The molecule has 15 heteroatoms. The van der Waals surface area contributed by atoms with E-state index in [1.54, 1.807) is 6.20 Å². The summed E-state index contributed by atoms with van der Waals surface area (Å²) in [6.45, 7) is 12.4. The Morgan fingerprint density at radius 1 is 0.478 bits per heavy atom. The molecule has 0 saturated heterocycles. The third kappa shape index (κ3) is 7.81. The average Bonchev–Trinajstić information content (AvgIpc) is 3.31. The van der Waals surface area contributed by atoms with Crippen molar-refractivity contribution in [1.82, 2.24) is 39.9 Å². The van der Waals surface area contributed by atoms with Crippen LogP contribution in [0, 0.1) is 61.8 Å². The Balaban J connectivity index is 0.000000124. The number of nitro benzene ring substituents is 2. The Bertz CT molecular complexity index is 3590. The lowest BCUT2D eigenvalue weighted by Gasteiger charge is -2.20. The number of non-ortho nitro benzene ring substituents is 1. The Hall–Kier alpha value is -8.20. The first kappa shape index (κ1) is 42.7. The van der Waals surface area contributed by atoms with Crippen molar-refractivity contribution in [3.05, 3.63) is 167 Å². The van der Waals surface area contributed by atoms with Gasteiger partial charge in [0.2, 0.25) is 0 Å². The van der Waals surface area contributed by atoms with Crippen molar-refractivity contribution in [2.45, 2.75) is 80.1 Å². The molecule has 0 aliphatic heterocycles. The van der Waals surface area contributed by atoms with E-state index in [0.717, 1.165) is 87.4 Å². The Kier molecular flexibility index (Phi) is 10.6. The van der Waals surface area contributed by atoms with E-state index >= 15 is 0 Å². The summed E-state index contributed by atoms with van der Waals surface area (Å²) < 4.78 is 0. The first-order valence-electron chi connectivity index (χ1n) is 22.1. The molecule has 0 atom stereocenters. The highest BCUT2D eigenvalue weighted by molar-refractivity contribution is 5.98. The summed E-state index contributed by atoms with van der Waals surface area (Å²) >= 11 is 0. The highest BCUT2D eigenvalue weighted by atomic mass is 16.6. The number of pyridine rings is 8. The van der Waals surface area contributed by atoms with Crippen LogP contribution < -0.4 is 5.11 Å². The van der Waals surface area contributed by atoms with Gasteiger partial charge in [0, 0.05) is 40.8 Å². The lowest BCUT2D eigenvalue weighted by atomic mass is 9.88. The van der Waals surface area contributed by atoms with Gasteiger partial charge in [0.05, 0.1) is 61.0 Å². The number of nitrogens with zero attached hydrogens (tertiary/aromatic N) is 10. The highest BCUT2D eigenvalue weighted by Crippen LogP contribution is 2.42. The van der Waals surface area contributed by atoms with Crippen LogP contribution in [0.2, 0.25) is 0 Å². The summed E-state index contributed by atoms with van der Waals surface area (Å²) in [6.07, 6.45) is 11.0. The minimum atomic E-state index is -0.954. The molecule has 0 N–H and O–H groups in total. The van der Waals surface area contributed by atoms with Gasteiger partial charge in [-0.25, -0.2) is 24.9 Å². The van der Waals surface area contributed by atoms with E-state index in [9.17, 15) is 25.3 Å². The molecule has 9 aromatic rings. The van der Waals surface area contributed by atoms with E-state index in [-0.39, 0.29) is 10.9 Å². The standard InChI is InChI=1S/C20H13N5O5.C17H15N3.C15H16N2/c1-9-4-12-5-10-2-3-11-6-13-14(24(27)28)7-15(25(29)30)19(26)18(13)22-16(11)17(10)23-20(12)21-8-9;1-10-7-14-8-13-6-5-12-4-3-11(2)19-15(12)16(13)20-17(14)18-9-10;1-9-8-16-15-13(11(9)3)7-6-12-5-4-10(2)17-14(12)15/h4-8,26H,2-3H2,1H3;3-4,7-9H,5-6H2,1-2H3;4-5,8H,6-7H2,1-3H3/p-1.